The minimum atomic E-state index is -0.483. The zero-order valence-electron chi connectivity index (χ0n) is 9.28. The van der Waals surface area contributed by atoms with Crippen molar-refractivity contribution in [2.24, 2.45) is 0 Å². The molecule has 92 valence electrons. The first-order valence-electron chi connectivity index (χ1n) is 5.19. The van der Waals surface area contributed by atoms with E-state index in [1.807, 2.05) is 0 Å². The summed E-state index contributed by atoms with van der Waals surface area (Å²) in [4.78, 5) is 12.0. The molecule has 0 atom stereocenters. The van der Waals surface area contributed by atoms with Crippen LogP contribution >= 0.6 is 15.9 Å². The molecule has 1 amide bonds. The van der Waals surface area contributed by atoms with E-state index in [2.05, 4.69) is 21.2 Å². The number of nitrogens with two attached hydrogens (primary N) is 1. The molecule has 0 aliphatic rings. The largest absolute Gasteiger partial charge is 0.397 e. The van der Waals surface area contributed by atoms with E-state index in [-0.39, 0.29) is 10.0 Å². The van der Waals surface area contributed by atoms with Crippen LogP contribution in [-0.2, 0) is 0 Å². The number of nitrogen functional groups attached to an aromatic ring is 1. The third-order valence-electron chi connectivity index (χ3n) is 2.41. The van der Waals surface area contributed by atoms with Crippen molar-refractivity contribution in [1.29, 1.82) is 0 Å². The van der Waals surface area contributed by atoms with Crippen molar-refractivity contribution >= 4 is 33.2 Å². The fourth-order valence-corrected chi connectivity index (χ4v) is 1.92. The lowest BCUT2D eigenvalue weighted by Crippen LogP contribution is -2.14. The van der Waals surface area contributed by atoms with E-state index in [0.717, 1.165) is 0 Å². The summed E-state index contributed by atoms with van der Waals surface area (Å²) >= 11 is 3.05. The molecule has 0 saturated heterocycles. The SMILES string of the molecule is Nc1ccccc1NC(=O)c1cccc(F)c1Br. The first-order chi connectivity index (χ1) is 8.59. The van der Waals surface area contributed by atoms with Gasteiger partial charge in [-0.1, -0.05) is 18.2 Å². The van der Waals surface area contributed by atoms with Crippen LogP contribution in [0.15, 0.2) is 46.9 Å². The van der Waals surface area contributed by atoms with Gasteiger partial charge >= 0.3 is 0 Å². The lowest BCUT2D eigenvalue weighted by atomic mass is 10.2. The molecule has 0 unspecified atom stereocenters. The highest BCUT2D eigenvalue weighted by atomic mass is 79.9. The lowest BCUT2D eigenvalue weighted by molar-refractivity contribution is 0.102. The molecule has 0 radical (unpaired) electrons. The standard InChI is InChI=1S/C13H10BrFN2O/c14-12-8(4-3-5-9(12)15)13(18)17-11-7-2-1-6-10(11)16/h1-7H,16H2,(H,17,18). The van der Waals surface area contributed by atoms with Gasteiger partial charge < -0.3 is 11.1 Å². The second-order valence-electron chi connectivity index (χ2n) is 3.64. The van der Waals surface area contributed by atoms with Crippen LogP contribution in [0.4, 0.5) is 15.8 Å². The lowest BCUT2D eigenvalue weighted by Gasteiger charge is -2.09. The molecule has 2 rings (SSSR count). The molecule has 3 nitrogen and oxygen atoms in total. The molecule has 0 heterocycles. The van der Waals surface area contributed by atoms with Gasteiger partial charge in [-0.05, 0) is 40.2 Å². The van der Waals surface area contributed by atoms with Crippen molar-refractivity contribution in [1.82, 2.24) is 0 Å². The topological polar surface area (TPSA) is 55.1 Å². The van der Waals surface area contributed by atoms with E-state index in [4.69, 9.17) is 5.73 Å². The summed E-state index contributed by atoms with van der Waals surface area (Å²) in [6.07, 6.45) is 0. The van der Waals surface area contributed by atoms with Gasteiger partial charge in [0.05, 0.1) is 21.4 Å². The van der Waals surface area contributed by atoms with Crippen LogP contribution in [0.2, 0.25) is 0 Å². The van der Waals surface area contributed by atoms with Crippen LogP contribution in [-0.4, -0.2) is 5.91 Å². The highest BCUT2D eigenvalue weighted by Crippen LogP contribution is 2.23. The molecule has 2 aromatic rings. The van der Waals surface area contributed by atoms with E-state index in [1.54, 1.807) is 24.3 Å². The summed E-state index contributed by atoms with van der Waals surface area (Å²) in [6.45, 7) is 0. The van der Waals surface area contributed by atoms with Crippen molar-refractivity contribution in [2.45, 2.75) is 0 Å². The number of hydrogen-bond acceptors (Lipinski definition) is 2. The third-order valence-corrected chi connectivity index (χ3v) is 3.21. The highest BCUT2D eigenvalue weighted by Gasteiger charge is 2.13. The zero-order chi connectivity index (χ0) is 13.1. The molecule has 0 bridgehead atoms. The molecule has 2 aromatic carbocycles. The molecule has 5 heteroatoms. The number of nitrogens with one attached hydrogen (secondary N) is 1. The van der Waals surface area contributed by atoms with Crippen LogP contribution < -0.4 is 11.1 Å². The van der Waals surface area contributed by atoms with E-state index in [1.165, 1.54) is 18.2 Å². The molecule has 0 saturated carbocycles. The van der Waals surface area contributed by atoms with Gasteiger partial charge in [0, 0.05) is 0 Å². The first kappa shape index (κ1) is 12.6. The average Bonchev–Trinajstić information content (AvgIpc) is 2.35. The summed E-state index contributed by atoms with van der Waals surface area (Å²) in [7, 11) is 0. The van der Waals surface area contributed by atoms with E-state index < -0.39 is 11.7 Å². The molecule has 0 spiro atoms. The van der Waals surface area contributed by atoms with Gasteiger partial charge in [-0.15, -0.1) is 0 Å². The molecule has 0 aromatic heterocycles. The van der Waals surface area contributed by atoms with Gasteiger partial charge in [0.15, 0.2) is 0 Å². The van der Waals surface area contributed by atoms with E-state index in [0.29, 0.717) is 11.4 Å². The number of anilines is 2. The maximum absolute atomic E-state index is 13.3. The average molecular weight is 309 g/mol. The minimum Gasteiger partial charge on any atom is -0.397 e. The van der Waals surface area contributed by atoms with Crippen molar-refractivity contribution in [3.05, 3.63) is 58.3 Å². The Bertz CT molecular complexity index is 601. The predicted octanol–water partition coefficient (Wildman–Crippen LogP) is 3.42. The van der Waals surface area contributed by atoms with Crippen LogP contribution in [0.25, 0.3) is 0 Å². The molecule has 18 heavy (non-hydrogen) atoms. The van der Waals surface area contributed by atoms with Crippen molar-refractivity contribution in [3.8, 4) is 0 Å². The number of para-hydroxylation sites is 2. The van der Waals surface area contributed by atoms with Gasteiger partial charge in [-0.3, -0.25) is 4.79 Å². The molecule has 0 fully saturated rings. The van der Waals surface area contributed by atoms with Crippen LogP contribution in [0.5, 0.6) is 0 Å². The second-order valence-corrected chi connectivity index (χ2v) is 4.44. The Morgan fingerprint density at radius 2 is 1.89 bits per heavy atom. The number of carbonyl (C=O) groups is 1. The van der Waals surface area contributed by atoms with E-state index >= 15 is 0 Å². The van der Waals surface area contributed by atoms with Gasteiger partial charge in [-0.25, -0.2) is 4.39 Å². The minimum absolute atomic E-state index is 0.136. The summed E-state index contributed by atoms with van der Waals surface area (Å²) in [5.74, 6) is -0.900. The number of hydrogen-bond donors (Lipinski definition) is 2. The Morgan fingerprint density at radius 1 is 1.17 bits per heavy atom. The number of carbonyl (C=O) groups excluding carboxylic acids is 1. The molecular formula is C13H10BrFN2O. The van der Waals surface area contributed by atoms with Crippen LogP contribution in [0, 0.1) is 5.82 Å². The maximum atomic E-state index is 13.3. The molecule has 0 aliphatic heterocycles. The number of rotatable bonds is 2. The Kier molecular flexibility index (Phi) is 3.62. The highest BCUT2D eigenvalue weighted by molar-refractivity contribution is 9.10. The molecule has 3 N–H and O–H groups in total. The number of amides is 1. The van der Waals surface area contributed by atoms with E-state index in [9.17, 15) is 9.18 Å². The first-order valence-corrected chi connectivity index (χ1v) is 5.99. The van der Waals surface area contributed by atoms with Crippen molar-refractivity contribution < 1.29 is 9.18 Å². The van der Waals surface area contributed by atoms with Crippen LogP contribution in [0.3, 0.4) is 0 Å². The summed E-state index contributed by atoms with van der Waals surface area (Å²) < 4.78 is 13.4. The maximum Gasteiger partial charge on any atom is 0.256 e. The van der Waals surface area contributed by atoms with Gasteiger partial charge in [0.1, 0.15) is 5.82 Å². The quantitative estimate of drug-likeness (QED) is 0.835. The molecular weight excluding hydrogens is 299 g/mol. The van der Waals surface area contributed by atoms with Crippen molar-refractivity contribution in [2.75, 3.05) is 11.1 Å². The normalized spacial score (nSPS) is 10.1. The number of benzene rings is 2. The monoisotopic (exact) mass is 308 g/mol. The Hall–Kier alpha value is -1.88. The predicted molar refractivity (Wildman–Crippen MR) is 72.9 cm³/mol. The summed E-state index contributed by atoms with van der Waals surface area (Å²) in [5, 5.41) is 2.63. The summed E-state index contributed by atoms with van der Waals surface area (Å²) in [6, 6.07) is 11.2. The van der Waals surface area contributed by atoms with Gasteiger partial charge in [-0.2, -0.15) is 0 Å². The Balaban J connectivity index is 2.28. The van der Waals surface area contributed by atoms with Crippen molar-refractivity contribution in [3.63, 3.8) is 0 Å². The Morgan fingerprint density at radius 3 is 2.61 bits per heavy atom. The molecule has 0 aliphatic carbocycles. The van der Waals surface area contributed by atoms with Crippen LogP contribution in [0.1, 0.15) is 10.4 Å². The number of halogens is 2. The third kappa shape index (κ3) is 2.51. The Labute approximate surface area is 112 Å². The fraction of sp³-hybridized carbons (Fsp3) is 0. The fourth-order valence-electron chi connectivity index (χ4n) is 1.48. The zero-order valence-corrected chi connectivity index (χ0v) is 10.9. The summed E-state index contributed by atoms with van der Waals surface area (Å²) in [5.41, 5.74) is 6.89. The van der Waals surface area contributed by atoms with Gasteiger partial charge in [0.25, 0.3) is 5.91 Å². The second kappa shape index (κ2) is 5.18. The van der Waals surface area contributed by atoms with Gasteiger partial charge in [0.2, 0.25) is 0 Å². The smallest absolute Gasteiger partial charge is 0.256 e.